The molecule has 2 saturated carbocycles. The van der Waals surface area contributed by atoms with Crippen molar-refractivity contribution in [3.8, 4) is 5.75 Å². The largest absolute Gasteiger partial charge is 0.497 e. The topological polar surface area (TPSA) is 84.9 Å². The number of benzene rings is 5. The second-order valence-electron chi connectivity index (χ2n) is 50.1. The van der Waals surface area contributed by atoms with Gasteiger partial charge in [-0.1, -0.05) is 294 Å². The van der Waals surface area contributed by atoms with Gasteiger partial charge >= 0.3 is 0 Å². The number of hydrogen-bond donors (Lipinski definition) is 0. The van der Waals surface area contributed by atoms with Crippen molar-refractivity contribution in [1.29, 1.82) is 0 Å². The third kappa shape index (κ3) is 34.5. The summed E-state index contributed by atoms with van der Waals surface area (Å²) in [6, 6.07) is 50.6. The monoisotopic (exact) mass is 1920 g/mol. The van der Waals surface area contributed by atoms with Crippen molar-refractivity contribution < 1.29 is 17.9 Å². The Kier molecular flexibility index (Phi) is 42.2. The Labute approximate surface area is 851 Å². The number of aromatic nitrogens is 1. The van der Waals surface area contributed by atoms with E-state index in [0.29, 0.717) is 57.3 Å². The molecule has 12 heteroatoms. The number of nitrogens with zero attached hydrogens (tertiary/aromatic N) is 7. The van der Waals surface area contributed by atoms with E-state index in [9.17, 15) is 8.42 Å². The van der Waals surface area contributed by atoms with Crippen molar-refractivity contribution in [2.75, 3.05) is 111 Å². The third-order valence-electron chi connectivity index (χ3n) is 34.0. The van der Waals surface area contributed by atoms with Crippen molar-refractivity contribution >= 4 is 15.7 Å². The lowest BCUT2D eigenvalue weighted by atomic mass is 9.67. The zero-order valence-corrected chi connectivity index (χ0v) is 94.4. The molecule has 0 amide bonds. The number of methoxy groups -OCH3 is 1. The summed E-state index contributed by atoms with van der Waals surface area (Å²) in [6.45, 7) is 71.5. The second-order valence-corrected chi connectivity index (χ2v) is 52.1. The summed E-state index contributed by atoms with van der Waals surface area (Å²) in [6.07, 6.45) is 49.4. The Morgan fingerprint density at radius 3 is 0.928 bits per heavy atom. The van der Waals surface area contributed by atoms with E-state index in [1.807, 2.05) is 18.3 Å². The number of piperidine rings is 5. The Morgan fingerprint density at radius 1 is 0.396 bits per heavy atom. The molecular weight excluding hydrogens is 1720 g/mol. The molecule has 139 heavy (non-hydrogen) atoms. The highest BCUT2D eigenvalue weighted by molar-refractivity contribution is 7.90. The molecule has 3 spiro atoms. The summed E-state index contributed by atoms with van der Waals surface area (Å²) in [7, 11) is 2.71. The molecule has 5 unspecified atom stereocenters. The fraction of sp³-hybridized carbons (Fsp3) is 0.646. The molecule has 5 aromatic carbocycles. The van der Waals surface area contributed by atoms with Crippen LogP contribution in [0, 0.1) is 48.9 Å². The van der Waals surface area contributed by atoms with Crippen LogP contribution in [0.1, 0.15) is 369 Å². The fourth-order valence-electron chi connectivity index (χ4n) is 24.5. The van der Waals surface area contributed by atoms with Gasteiger partial charge in [0.1, 0.15) is 11.6 Å². The van der Waals surface area contributed by atoms with Crippen LogP contribution in [0.5, 0.6) is 5.75 Å². The number of sulfone groups is 1. The zero-order valence-electron chi connectivity index (χ0n) is 93.6. The van der Waals surface area contributed by atoms with Crippen LogP contribution in [0.15, 0.2) is 203 Å². The third-order valence-corrected chi connectivity index (χ3v) is 35.1. The molecule has 1 aromatic heterocycles. The van der Waals surface area contributed by atoms with Crippen LogP contribution in [0.3, 0.4) is 0 Å². The predicted octanol–water partition coefficient (Wildman–Crippen LogP) is 30.7. The predicted molar refractivity (Wildman–Crippen MR) is 598 cm³/mol. The molecule has 5 atom stereocenters. The summed E-state index contributed by atoms with van der Waals surface area (Å²) in [5, 5.41) is 0. The van der Waals surface area contributed by atoms with Crippen molar-refractivity contribution in [1.82, 2.24) is 29.5 Å². The molecule has 0 radical (unpaired) electrons. The van der Waals surface area contributed by atoms with Gasteiger partial charge in [0, 0.05) is 62.2 Å². The minimum absolute atomic E-state index is 0.0262. The standard InChI is InChI=1S/C28H41N3.C26H41NO.C26H41N.C24H39NO2S.C23H35NO/c1-21(2)18-26(20-28(4,5)25-10-8-22(3)9-11-25)31-16-13-23(14-17-31)24-12-15-29-27(19-24)30(6)7;1-21(2)19-23(20-25(3,4)22-9-11-24(28-5)12-10-22)27-17-15-26(16-18-27)13-7-6-8-14-26;1-21(2)19-24(20-25(4,5)23-11-9-22(3)10-12-23)27-17-15-26(16-18-27)13-7-6-8-14-26;1-18(2)16-22(25-14-12-20(13-15-25)19(3)4)17-24(5,6)21-8-10-23(11-9-21)28(7,26)27;1-18(2)14-21(24-12-10-23(11-13-24)16-25-17-23)15-22(4,5)20-8-6-19(3)7-9-20/h8-12,15,18-19,23,26H,13-14,16-17,20H2,1-7H3;9-12,19,23H,6-8,13-18,20H2,1-5H3;9-12,19,24H,6-8,13-18,20H2,1-5H3;8-11,16,19-20,22H,12-15,17H2,1-7H3;6-9,14,21H,10-13,15-17H2,1-5H3. The molecule has 0 bridgehead atoms. The minimum atomic E-state index is -3.15. The van der Waals surface area contributed by atoms with Crippen molar-refractivity contribution in [2.45, 2.75) is 402 Å². The van der Waals surface area contributed by atoms with Gasteiger partial charge in [0.15, 0.2) is 9.84 Å². The molecule has 8 aliphatic rings. The van der Waals surface area contributed by atoms with Crippen LogP contribution < -0.4 is 9.64 Å². The van der Waals surface area contributed by atoms with Gasteiger partial charge in [0.05, 0.1) is 25.2 Å². The van der Waals surface area contributed by atoms with Gasteiger partial charge in [0.25, 0.3) is 0 Å². The van der Waals surface area contributed by atoms with E-state index in [1.54, 1.807) is 19.2 Å². The number of anilines is 1. The van der Waals surface area contributed by atoms with E-state index < -0.39 is 9.84 Å². The van der Waals surface area contributed by atoms with Crippen LogP contribution in [0.4, 0.5) is 5.82 Å². The summed E-state index contributed by atoms with van der Waals surface area (Å²) in [5.74, 6) is 4.25. The molecule has 6 aromatic rings. The van der Waals surface area contributed by atoms with E-state index in [0.717, 1.165) is 69.0 Å². The Morgan fingerprint density at radius 2 is 0.669 bits per heavy atom. The molecule has 6 aliphatic heterocycles. The van der Waals surface area contributed by atoms with Crippen LogP contribution in [-0.2, 0) is 41.6 Å². The lowest BCUT2D eigenvalue weighted by molar-refractivity contribution is -0.141. The average molecular weight is 1920 g/mol. The van der Waals surface area contributed by atoms with Gasteiger partial charge in [-0.3, -0.25) is 24.5 Å². The number of likely N-dealkylation sites (tertiary alicyclic amines) is 5. The second kappa shape index (κ2) is 51.4. The lowest BCUT2D eigenvalue weighted by Gasteiger charge is -2.49. The number of ether oxygens (including phenoxy) is 2. The number of hydrogen-bond acceptors (Lipinski definition) is 11. The highest BCUT2D eigenvalue weighted by atomic mass is 32.2. The van der Waals surface area contributed by atoms with Gasteiger partial charge < -0.3 is 14.4 Å². The number of pyridine rings is 1. The van der Waals surface area contributed by atoms with Gasteiger partial charge in [-0.05, 0) is 403 Å². The molecular formula is C127H197N7O4S. The minimum Gasteiger partial charge on any atom is -0.497 e. The first kappa shape index (κ1) is 114. The molecule has 2 aliphatic carbocycles. The molecule has 14 rings (SSSR count). The molecule has 0 N–H and O–H groups in total. The van der Waals surface area contributed by atoms with E-state index in [2.05, 4.69) is 361 Å². The van der Waals surface area contributed by atoms with E-state index in [1.165, 1.54) is 278 Å². The summed E-state index contributed by atoms with van der Waals surface area (Å²) >= 11 is 0. The first-order valence-electron chi connectivity index (χ1n) is 54.8. The number of aryl methyl sites for hydroxylation is 3. The SMILES string of the molecule is CC(C)=CC(CC(C)(C)c1ccc(C)cc1)N1CCC(c2ccnc(N(C)C)c2)CC1.CC(C)=CC(CC(C)(C)c1ccc(C)cc1)N1CCC2(CC1)COC2.CC(C)=CC(CC(C)(C)c1ccc(C)cc1)N1CCC2(CCCCC2)CC1.CC(C)=CC(CC(C)(C)c1ccc(S(C)(=O)=O)cc1)N1CCC(C(C)C)CC1.COc1ccc(C(C)(C)CC(C=C(C)C)N2CCC3(CCCCC3)CC2)cc1. The highest BCUT2D eigenvalue weighted by Gasteiger charge is 2.45. The van der Waals surface area contributed by atoms with E-state index >= 15 is 0 Å². The fourth-order valence-corrected chi connectivity index (χ4v) is 25.1. The van der Waals surface area contributed by atoms with Crippen LogP contribution in [0.25, 0.3) is 0 Å². The van der Waals surface area contributed by atoms with Gasteiger partial charge in [-0.2, -0.15) is 0 Å². The number of allylic oxidation sites excluding steroid dienone is 5. The lowest BCUT2D eigenvalue weighted by Crippen LogP contribution is -2.53. The van der Waals surface area contributed by atoms with Gasteiger partial charge in [-0.25, -0.2) is 13.4 Å². The number of rotatable bonds is 30. The van der Waals surface area contributed by atoms with Gasteiger partial charge in [-0.15, -0.1) is 0 Å². The molecule has 6 saturated heterocycles. The first-order chi connectivity index (χ1) is 65.5. The van der Waals surface area contributed by atoms with Crippen LogP contribution in [-0.4, -0.2) is 174 Å². The van der Waals surface area contributed by atoms with Crippen molar-refractivity contribution in [3.63, 3.8) is 0 Å². The van der Waals surface area contributed by atoms with E-state index in [-0.39, 0.29) is 27.1 Å². The normalized spacial score (nSPS) is 19.8. The molecule has 770 valence electrons. The highest BCUT2D eigenvalue weighted by Crippen LogP contribution is 2.49. The maximum absolute atomic E-state index is 11.8. The average Bonchev–Trinajstić information content (AvgIpc) is 0.806. The van der Waals surface area contributed by atoms with Crippen LogP contribution >= 0.6 is 0 Å². The quantitative estimate of drug-likeness (QED) is 0.0404. The molecule has 7 heterocycles. The first-order valence-corrected chi connectivity index (χ1v) is 56.7. The maximum atomic E-state index is 11.8. The molecule has 8 fully saturated rings. The smallest absolute Gasteiger partial charge is 0.175 e. The zero-order chi connectivity index (χ0) is 101. The van der Waals surface area contributed by atoms with Crippen molar-refractivity contribution in [2.24, 2.45) is 28.1 Å². The maximum Gasteiger partial charge on any atom is 0.175 e. The Hall–Kier alpha value is -6.74. The Bertz CT molecular complexity index is 4940. The Balaban J connectivity index is 0.000000179. The van der Waals surface area contributed by atoms with E-state index in [4.69, 9.17) is 9.47 Å². The molecule has 11 nitrogen and oxygen atoms in total. The van der Waals surface area contributed by atoms with Crippen LogP contribution in [0.2, 0.25) is 0 Å². The summed E-state index contributed by atoms with van der Waals surface area (Å²) in [4.78, 5) is 20.6. The van der Waals surface area contributed by atoms with Gasteiger partial charge in [0.2, 0.25) is 0 Å². The summed E-state index contributed by atoms with van der Waals surface area (Å²) < 4.78 is 34.4. The summed E-state index contributed by atoms with van der Waals surface area (Å²) in [5.41, 5.74) is 22.0. The van der Waals surface area contributed by atoms with Crippen molar-refractivity contribution in [3.05, 3.63) is 248 Å².